The number of hydrogen-bond acceptors (Lipinski definition) is 7. The average Bonchev–Trinajstić information content (AvgIpc) is 2.26. The van der Waals surface area contributed by atoms with Gasteiger partial charge in [-0.15, -0.1) is 0 Å². The van der Waals surface area contributed by atoms with E-state index in [0.717, 1.165) is 12.3 Å². The number of nitro benzene ring substituents is 1. The largest absolute Gasteiger partial charge is 0.479 e. The maximum atomic E-state index is 11.4. The molecule has 0 saturated heterocycles. The topological polar surface area (TPSA) is 136 Å². The van der Waals surface area contributed by atoms with Gasteiger partial charge < -0.3 is 5.11 Å². The highest BCUT2D eigenvalue weighted by molar-refractivity contribution is 7.90. The predicted molar refractivity (Wildman–Crippen MR) is 63.4 cm³/mol. The van der Waals surface area contributed by atoms with E-state index < -0.39 is 37.9 Å². The first-order chi connectivity index (χ1) is 8.73. The Morgan fingerprint density at radius 1 is 1.53 bits per heavy atom. The van der Waals surface area contributed by atoms with Crippen LogP contribution in [0.25, 0.3) is 0 Å². The third kappa shape index (κ3) is 3.89. The molecule has 1 aromatic rings. The van der Waals surface area contributed by atoms with E-state index in [-0.39, 0.29) is 5.69 Å². The summed E-state index contributed by atoms with van der Waals surface area (Å²) < 4.78 is 22.9. The number of carbonyl (C=O) groups is 1. The lowest BCUT2D eigenvalue weighted by Gasteiger charge is -2.08. The van der Waals surface area contributed by atoms with Crippen LogP contribution in [0, 0.1) is 10.1 Å². The number of hydrogen-bond donors (Lipinski definition) is 2. The molecule has 0 radical (unpaired) electrons. The molecular formula is C9H10N2O7S. The Bertz CT molecular complexity index is 611. The third-order valence-electron chi connectivity index (χ3n) is 1.96. The van der Waals surface area contributed by atoms with Gasteiger partial charge in [0, 0.05) is 6.26 Å². The van der Waals surface area contributed by atoms with Crippen molar-refractivity contribution in [3.05, 3.63) is 28.3 Å². The summed E-state index contributed by atoms with van der Waals surface area (Å²) in [4.78, 5) is 24.3. The maximum Gasteiger partial charge on any atom is 0.332 e. The van der Waals surface area contributed by atoms with E-state index >= 15 is 0 Å². The lowest BCUT2D eigenvalue weighted by molar-refractivity contribution is -0.387. The zero-order chi connectivity index (χ0) is 14.6. The number of sulfone groups is 1. The monoisotopic (exact) mass is 290 g/mol. The van der Waals surface area contributed by atoms with Crippen molar-refractivity contribution >= 4 is 27.2 Å². The molecular weight excluding hydrogens is 280 g/mol. The van der Waals surface area contributed by atoms with Gasteiger partial charge in [0.2, 0.25) is 0 Å². The highest BCUT2D eigenvalue weighted by atomic mass is 32.2. The lowest BCUT2D eigenvalue weighted by atomic mass is 10.3. The number of nitrogens with one attached hydrogen (secondary N) is 1. The number of nitro groups is 1. The van der Waals surface area contributed by atoms with Crippen molar-refractivity contribution in [2.24, 2.45) is 0 Å². The first-order valence-electron chi connectivity index (χ1n) is 4.80. The molecule has 0 amide bonds. The Morgan fingerprint density at radius 2 is 2.16 bits per heavy atom. The van der Waals surface area contributed by atoms with Gasteiger partial charge in [-0.1, -0.05) is 6.07 Å². The molecule has 10 heteroatoms. The minimum absolute atomic E-state index is 0.242. The molecule has 1 aromatic carbocycles. The summed E-state index contributed by atoms with van der Waals surface area (Å²) in [5.41, 5.74) is 1.11. The lowest BCUT2D eigenvalue weighted by Crippen LogP contribution is -2.13. The Labute approximate surface area is 107 Å². The smallest absolute Gasteiger partial charge is 0.332 e. The Balaban J connectivity index is 3.18. The Morgan fingerprint density at radius 3 is 2.63 bits per heavy atom. The molecule has 2 N–H and O–H groups in total. The Kier molecular flexibility index (Phi) is 4.40. The molecule has 19 heavy (non-hydrogen) atoms. The van der Waals surface area contributed by atoms with Crippen LogP contribution in [0.3, 0.4) is 0 Å². The second kappa shape index (κ2) is 5.63. The summed E-state index contributed by atoms with van der Waals surface area (Å²) in [6.45, 7) is -0.736. The average molecular weight is 290 g/mol. The number of carboxylic acid groups (broad SMARTS) is 1. The quantitative estimate of drug-likeness (QED) is 0.568. The molecule has 0 spiro atoms. The molecule has 0 atom stereocenters. The van der Waals surface area contributed by atoms with Gasteiger partial charge in [-0.3, -0.25) is 20.4 Å². The zero-order valence-corrected chi connectivity index (χ0v) is 10.5. The number of carboxylic acids is 1. The van der Waals surface area contributed by atoms with Crippen molar-refractivity contribution in [2.45, 2.75) is 4.90 Å². The van der Waals surface area contributed by atoms with Crippen molar-refractivity contribution in [1.29, 1.82) is 0 Å². The van der Waals surface area contributed by atoms with Crippen molar-refractivity contribution in [1.82, 2.24) is 0 Å². The summed E-state index contributed by atoms with van der Waals surface area (Å²) in [6.07, 6.45) is 0.831. The Hall–Kier alpha value is -2.20. The van der Waals surface area contributed by atoms with Crippen molar-refractivity contribution in [3.8, 4) is 0 Å². The standard InChI is InChI=1S/C9H10N2O7S/c1-19(16,17)7-4-2-3-6(9(7)11(14)15)10-18-5-8(12)13/h2-4,10H,5H2,1H3,(H,12,13). The van der Waals surface area contributed by atoms with Gasteiger partial charge in [-0.25, -0.2) is 13.2 Å². The molecule has 1 rings (SSSR count). The van der Waals surface area contributed by atoms with Crippen LogP contribution in [0.15, 0.2) is 23.1 Å². The predicted octanol–water partition coefficient (Wildman–Crippen LogP) is 0.426. The number of aliphatic carboxylic acids is 1. The first-order valence-corrected chi connectivity index (χ1v) is 6.69. The summed E-state index contributed by atoms with van der Waals surface area (Å²) in [7, 11) is -3.80. The summed E-state index contributed by atoms with van der Waals surface area (Å²) in [6, 6.07) is 3.56. The van der Waals surface area contributed by atoms with Gasteiger partial charge in [0.1, 0.15) is 10.6 Å². The fraction of sp³-hybridized carbons (Fsp3) is 0.222. The van der Waals surface area contributed by atoms with Crippen LogP contribution in [-0.4, -0.2) is 37.3 Å². The minimum Gasteiger partial charge on any atom is -0.479 e. The van der Waals surface area contributed by atoms with Crippen molar-refractivity contribution in [2.75, 3.05) is 18.3 Å². The fourth-order valence-electron chi connectivity index (χ4n) is 1.27. The number of rotatable bonds is 6. The highest BCUT2D eigenvalue weighted by Crippen LogP contribution is 2.31. The molecule has 0 fully saturated rings. The minimum atomic E-state index is -3.80. The van der Waals surface area contributed by atoms with Gasteiger partial charge in [-0.05, 0) is 12.1 Å². The molecule has 0 bridgehead atoms. The molecule has 0 aliphatic rings. The molecule has 104 valence electrons. The van der Waals surface area contributed by atoms with Gasteiger partial charge in [0.25, 0.3) is 0 Å². The summed E-state index contributed by atoms with van der Waals surface area (Å²) >= 11 is 0. The zero-order valence-electron chi connectivity index (χ0n) is 9.69. The molecule has 0 aliphatic heterocycles. The van der Waals surface area contributed by atoms with E-state index in [1.807, 2.05) is 0 Å². The highest BCUT2D eigenvalue weighted by Gasteiger charge is 2.26. The van der Waals surface area contributed by atoms with E-state index in [1.165, 1.54) is 12.1 Å². The summed E-state index contributed by atoms with van der Waals surface area (Å²) in [5.74, 6) is -1.28. The molecule has 0 aromatic heterocycles. The normalized spacial score (nSPS) is 11.0. The van der Waals surface area contributed by atoms with Crippen LogP contribution in [0.4, 0.5) is 11.4 Å². The van der Waals surface area contributed by atoms with Crippen LogP contribution in [-0.2, 0) is 19.5 Å². The van der Waals surface area contributed by atoms with E-state index in [2.05, 4.69) is 10.3 Å². The molecule has 0 aliphatic carbocycles. The van der Waals surface area contributed by atoms with Crippen molar-refractivity contribution in [3.63, 3.8) is 0 Å². The maximum absolute atomic E-state index is 11.4. The van der Waals surface area contributed by atoms with Gasteiger partial charge in [-0.2, -0.15) is 0 Å². The van der Waals surface area contributed by atoms with Crippen LogP contribution >= 0.6 is 0 Å². The number of anilines is 1. The van der Waals surface area contributed by atoms with Crippen LogP contribution in [0.2, 0.25) is 0 Å². The van der Waals surface area contributed by atoms with Gasteiger partial charge in [0.15, 0.2) is 16.4 Å². The second-order valence-electron chi connectivity index (χ2n) is 3.47. The fourth-order valence-corrected chi connectivity index (χ4v) is 2.13. The molecule has 0 heterocycles. The SMILES string of the molecule is CS(=O)(=O)c1cccc(NOCC(=O)O)c1[N+](=O)[O-]. The van der Waals surface area contributed by atoms with Crippen LogP contribution in [0.1, 0.15) is 0 Å². The molecule has 9 nitrogen and oxygen atoms in total. The van der Waals surface area contributed by atoms with Crippen molar-refractivity contribution < 1.29 is 28.1 Å². The van der Waals surface area contributed by atoms with E-state index in [4.69, 9.17) is 5.11 Å². The van der Waals surface area contributed by atoms with Crippen LogP contribution in [0.5, 0.6) is 0 Å². The summed E-state index contributed by atoms with van der Waals surface area (Å²) in [5, 5.41) is 19.3. The molecule has 0 saturated carbocycles. The van der Waals surface area contributed by atoms with E-state index in [9.17, 15) is 23.3 Å². The number of para-hydroxylation sites is 1. The van der Waals surface area contributed by atoms with E-state index in [1.54, 1.807) is 0 Å². The first kappa shape index (κ1) is 14.9. The van der Waals surface area contributed by atoms with Crippen LogP contribution < -0.4 is 5.48 Å². The molecule has 0 unspecified atom stereocenters. The van der Waals surface area contributed by atoms with E-state index in [0.29, 0.717) is 0 Å². The second-order valence-corrected chi connectivity index (χ2v) is 5.45. The van der Waals surface area contributed by atoms with Gasteiger partial charge in [0.05, 0.1) is 4.92 Å². The third-order valence-corrected chi connectivity index (χ3v) is 3.09. The van der Waals surface area contributed by atoms with Gasteiger partial charge >= 0.3 is 11.7 Å². The number of nitrogens with zero attached hydrogens (tertiary/aromatic N) is 1. The number of benzene rings is 1.